The molecule has 3 rings (SSSR count). The zero-order valence-corrected chi connectivity index (χ0v) is 23.9. The maximum absolute atomic E-state index is 10.2. The number of rotatable bonds is 10. The Morgan fingerprint density at radius 3 is 1.79 bits per heavy atom. The zero-order valence-electron chi connectivity index (χ0n) is 23.9. The molecule has 3 aliphatic rings. The number of aliphatic hydroxyl groups excluding tert-OH is 1. The van der Waals surface area contributed by atoms with E-state index in [0.29, 0.717) is 5.41 Å². The van der Waals surface area contributed by atoms with Crippen molar-refractivity contribution in [1.29, 1.82) is 0 Å². The molecule has 3 fully saturated rings. The Hall–Kier alpha value is -0.200. The van der Waals surface area contributed by atoms with Crippen molar-refractivity contribution in [3.63, 3.8) is 0 Å². The van der Waals surface area contributed by atoms with Crippen LogP contribution in [0.3, 0.4) is 0 Å². The molecule has 0 radical (unpaired) electrons. The summed E-state index contributed by atoms with van der Waals surface area (Å²) in [5, 5.41) is 10.2. The fourth-order valence-electron chi connectivity index (χ4n) is 6.84. The highest BCUT2D eigenvalue weighted by Crippen LogP contribution is 2.42. The highest BCUT2D eigenvalue weighted by Gasteiger charge is 2.40. The molecule has 0 aromatic rings. The topological polar surface area (TPSA) is 33.2 Å². The predicted octanol–water partition coefficient (Wildman–Crippen LogP) is 4.55. The molecule has 5 nitrogen and oxygen atoms in total. The average Bonchev–Trinajstić information content (AvgIpc) is 2.82. The SMILES string of the molecule is CCN1CCN(C(C)(C)CCC(C)(CCC(C)(C)C2CCN(C)CC2)N2CCC(O)CC2)CC1. The summed E-state index contributed by atoms with van der Waals surface area (Å²) in [6.07, 6.45) is 9.60. The zero-order chi connectivity index (χ0) is 25.0. The molecule has 3 aliphatic heterocycles. The van der Waals surface area contributed by atoms with E-state index in [9.17, 15) is 5.11 Å². The van der Waals surface area contributed by atoms with Gasteiger partial charge >= 0.3 is 0 Å². The molecule has 1 N–H and O–H groups in total. The van der Waals surface area contributed by atoms with Crippen molar-refractivity contribution in [1.82, 2.24) is 19.6 Å². The Morgan fingerprint density at radius 1 is 0.676 bits per heavy atom. The van der Waals surface area contributed by atoms with Gasteiger partial charge in [0.05, 0.1) is 6.10 Å². The fourth-order valence-corrected chi connectivity index (χ4v) is 6.84. The van der Waals surface area contributed by atoms with Crippen molar-refractivity contribution in [2.24, 2.45) is 11.3 Å². The lowest BCUT2D eigenvalue weighted by Gasteiger charge is -2.50. The molecule has 0 bridgehead atoms. The minimum absolute atomic E-state index is 0.0949. The molecule has 0 amide bonds. The number of hydrogen-bond acceptors (Lipinski definition) is 5. The van der Waals surface area contributed by atoms with Crippen LogP contribution in [0.2, 0.25) is 0 Å². The summed E-state index contributed by atoms with van der Waals surface area (Å²) in [4.78, 5) is 10.6. The minimum atomic E-state index is -0.0949. The lowest BCUT2D eigenvalue weighted by atomic mass is 9.68. The van der Waals surface area contributed by atoms with Crippen molar-refractivity contribution >= 4 is 0 Å². The first-order valence-electron chi connectivity index (χ1n) is 14.5. The van der Waals surface area contributed by atoms with Crippen LogP contribution in [0, 0.1) is 11.3 Å². The van der Waals surface area contributed by atoms with Crippen molar-refractivity contribution in [2.75, 3.05) is 66.0 Å². The first-order chi connectivity index (χ1) is 15.9. The Balaban J connectivity index is 1.64. The Kier molecular flexibility index (Phi) is 9.93. The van der Waals surface area contributed by atoms with Crippen molar-refractivity contribution in [2.45, 2.75) is 110 Å². The molecule has 1 unspecified atom stereocenters. The van der Waals surface area contributed by atoms with Gasteiger partial charge in [0.1, 0.15) is 0 Å². The second kappa shape index (κ2) is 11.9. The Morgan fingerprint density at radius 2 is 1.24 bits per heavy atom. The lowest BCUT2D eigenvalue weighted by Crippen LogP contribution is -2.56. The fraction of sp³-hybridized carbons (Fsp3) is 1.00. The first kappa shape index (κ1) is 28.4. The number of likely N-dealkylation sites (N-methyl/N-ethyl adjacent to an activating group) is 1. The van der Waals surface area contributed by atoms with Gasteiger partial charge in [-0.2, -0.15) is 0 Å². The standard InChI is InChI=1S/C29H58N4O/c1-8-31-21-23-32(24-22-31)28(4,5)14-16-29(6,33-19-11-26(34)12-20-33)15-13-27(2,3)25-9-17-30(7)18-10-25/h25-26,34H,8-24H2,1-7H3. The summed E-state index contributed by atoms with van der Waals surface area (Å²) in [6.45, 7) is 25.5. The molecule has 0 spiro atoms. The van der Waals surface area contributed by atoms with Crippen molar-refractivity contribution in [3.05, 3.63) is 0 Å². The number of piperidine rings is 2. The highest BCUT2D eigenvalue weighted by atomic mass is 16.3. The van der Waals surface area contributed by atoms with Crippen molar-refractivity contribution in [3.8, 4) is 0 Å². The average molecular weight is 479 g/mol. The molecule has 0 saturated carbocycles. The van der Waals surface area contributed by atoms with Gasteiger partial charge in [-0.3, -0.25) is 9.80 Å². The normalized spacial score (nSPS) is 26.1. The van der Waals surface area contributed by atoms with Gasteiger partial charge in [0.25, 0.3) is 0 Å². The van der Waals surface area contributed by atoms with E-state index in [2.05, 4.69) is 68.2 Å². The second-order valence-electron chi connectivity index (χ2n) is 13.5. The van der Waals surface area contributed by atoms with Crippen LogP contribution in [-0.4, -0.2) is 108 Å². The van der Waals surface area contributed by atoms with Crippen LogP contribution in [0.5, 0.6) is 0 Å². The van der Waals surface area contributed by atoms with E-state index in [-0.39, 0.29) is 17.2 Å². The van der Waals surface area contributed by atoms with E-state index in [1.165, 1.54) is 84.3 Å². The van der Waals surface area contributed by atoms with Gasteiger partial charge in [0.15, 0.2) is 0 Å². The summed E-state index contributed by atoms with van der Waals surface area (Å²) in [6, 6.07) is 0. The van der Waals surface area contributed by atoms with Gasteiger partial charge in [-0.25, -0.2) is 0 Å². The van der Waals surface area contributed by atoms with Gasteiger partial charge in [0, 0.05) is 50.3 Å². The second-order valence-corrected chi connectivity index (χ2v) is 13.5. The van der Waals surface area contributed by atoms with Crippen LogP contribution in [0.4, 0.5) is 0 Å². The highest BCUT2D eigenvalue weighted by molar-refractivity contribution is 4.96. The van der Waals surface area contributed by atoms with Crippen LogP contribution in [-0.2, 0) is 0 Å². The molecule has 3 heterocycles. The molecule has 3 saturated heterocycles. The molecule has 0 aromatic carbocycles. The van der Waals surface area contributed by atoms with Crippen LogP contribution in [0.1, 0.15) is 92.9 Å². The first-order valence-corrected chi connectivity index (χ1v) is 14.5. The van der Waals surface area contributed by atoms with E-state index in [1.54, 1.807) is 0 Å². The molecular formula is C29H58N4O. The Labute approximate surface area is 212 Å². The van der Waals surface area contributed by atoms with Crippen LogP contribution in [0.25, 0.3) is 0 Å². The van der Waals surface area contributed by atoms with Crippen LogP contribution >= 0.6 is 0 Å². The van der Waals surface area contributed by atoms with Gasteiger partial charge in [0.2, 0.25) is 0 Å². The summed E-state index contributed by atoms with van der Waals surface area (Å²) in [5.74, 6) is 0.849. The smallest absolute Gasteiger partial charge is 0.0564 e. The predicted molar refractivity (Wildman–Crippen MR) is 145 cm³/mol. The molecule has 34 heavy (non-hydrogen) atoms. The maximum Gasteiger partial charge on any atom is 0.0564 e. The Bertz CT molecular complexity index is 599. The number of likely N-dealkylation sites (tertiary alicyclic amines) is 2. The number of piperazine rings is 1. The molecule has 5 heteroatoms. The summed E-state index contributed by atoms with van der Waals surface area (Å²) < 4.78 is 0. The van der Waals surface area contributed by atoms with Gasteiger partial charge < -0.3 is 14.9 Å². The van der Waals surface area contributed by atoms with E-state index in [4.69, 9.17) is 0 Å². The molecule has 1 atom stereocenters. The lowest BCUT2D eigenvalue weighted by molar-refractivity contribution is -0.0112. The molecular weight excluding hydrogens is 420 g/mol. The summed E-state index contributed by atoms with van der Waals surface area (Å²) >= 11 is 0. The number of nitrogens with zero attached hydrogens (tertiary/aromatic N) is 4. The molecule has 0 aliphatic carbocycles. The van der Waals surface area contributed by atoms with E-state index in [0.717, 1.165) is 31.8 Å². The third-order valence-electron chi connectivity index (χ3n) is 10.3. The minimum Gasteiger partial charge on any atom is -0.393 e. The van der Waals surface area contributed by atoms with E-state index in [1.807, 2.05) is 0 Å². The van der Waals surface area contributed by atoms with Gasteiger partial charge in [-0.05, 0) is 110 Å². The third-order valence-corrected chi connectivity index (χ3v) is 10.3. The van der Waals surface area contributed by atoms with Crippen LogP contribution in [0.15, 0.2) is 0 Å². The third kappa shape index (κ3) is 7.41. The van der Waals surface area contributed by atoms with E-state index >= 15 is 0 Å². The molecule has 200 valence electrons. The quantitative estimate of drug-likeness (QED) is 0.498. The summed E-state index contributed by atoms with van der Waals surface area (Å²) in [5.41, 5.74) is 0.884. The monoisotopic (exact) mass is 478 g/mol. The van der Waals surface area contributed by atoms with Gasteiger partial charge in [-0.1, -0.05) is 20.8 Å². The van der Waals surface area contributed by atoms with Crippen LogP contribution < -0.4 is 0 Å². The largest absolute Gasteiger partial charge is 0.393 e. The van der Waals surface area contributed by atoms with Gasteiger partial charge in [-0.15, -0.1) is 0 Å². The van der Waals surface area contributed by atoms with Crippen molar-refractivity contribution < 1.29 is 5.11 Å². The summed E-state index contributed by atoms with van der Waals surface area (Å²) in [7, 11) is 2.27. The van der Waals surface area contributed by atoms with E-state index < -0.39 is 0 Å². The molecule has 0 aromatic heterocycles. The number of hydrogen-bond donors (Lipinski definition) is 1. The maximum atomic E-state index is 10.2. The number of aliphatic hydroxyl groups is 1.